The maximum Gasteiger partial charge on any atom is 0.319 e. The highest BCUT2D eigenvalue weighted by molar-refractivity contribution is 5.89. The van der Waals surface area contributed by atoms with Crippen molar-refractivity contribution in [2.45, 2.75) is 43.2 Å². The van der Waals surface area contributed by atoms with E-state index < -0.39 is 17.7 Å². The Kier molecular flexibility index (Phi) is 7.87. The minimum absolute atomic E-state index is 0.0109. The van der Waals surface area contributed by atoms with Crippen LogP contribution in [0.25, 0.3) is 0 Å². The Balaban J connectivity index is 1.55. The minimum Gasteiger partial charge on any atom is -0.493 e. The zero-order valence-electron chi connectivity index (χ0n) is 21.6. The van der Waals surface area contributed by atoms with E-state index in [2.05, 4.69) is 21.6 Å². The Bertz CT molecular complexity index is 1160. The van der Waals surface area contributed by atoms with Crippen LogP contribution in [0.4, 0.5) is 19.3 Å². The van der Waals surface area contributed by atoms with Gasteiger partial charge in [-0.3, -0.25) is 9.69 Å². The standard InChI is InChI=1S/C27H34F2N4O4/c1-32(2)25(34)16-33-12-11-27(17-5-8-22(36-3)23(13-17)37-4)10-9-19(15-24(27)33)31-26(35)30-18-6-7-20(28)21(29)14-18/h5-8,13-14,19,24H,9-12,15-16H2,1-4H3,(H2,30,31,35). The smallest absolute Gasteiger partial charge is 0.319 e. The van der Waals surface area contributed by atoms with E-state index in [1.165, 1.54) is 6.07 Å². The summed E-state index contributed by atoms with van der Waals surface area (Å²) in [6.07, 6.45) is 3.04. The molecule has 0 spiro atoms. The summed E-state index contributed by atoms with van der Waals surface area (Å²) in [6.45, 7) is 1.05. The Morgan fingerprint density at radius 2 is 1.81 bits per heavy atom. The number of likely N-dealkylation sites (tertiary alicyclic amines) is 1. The summed E-state index contributed by atoms with van der Waals surface area (Å²) in [6, 6.07) is 8.60. The highest BCUT2D eigenvalue weighted by Gasteiger charge is 2.52. The van der Waals surface area contributed by atoms with Crippen molar-refractivity contribution in [1.29, 1.82) is 0 Å². The summed E-state index contributed by atoms with van der Waals surface area (Å²) >= 11 is 0. The quantitative estimate of drug-likeness (QED) is 0.586. The molecule has 4 rings (SSSR count). The molecule has 0 radical (unpaired) electrons. The number of nitrogens with zero attached hydrogens (tertiary/aromatic N) is 2. The predicted octanol–water partition coefficient (Wildman–Crippen LogP) is 3.76. The maximum atomic E-state index is 13.5. The van der Waals surface area contributed by atoms with E-state index in [4.69, 9.17) is 9.47 Å². The molecule has 3 amide bonds. The van der Waals surface area contributed by atoms with Gasteiger partial charge in [0.1, 0.15) is 0 Å². The molecule has 200 valence electrons. The van der Waals surface area contributed by atoms with Gasteiger partial charge in [-0.25, -0.2) is 13.6 Å². The van der Waals surface area contributed by atoms with Crippen LogP contribution in [0.5, 0.6) is 11.5 Å². The number of nitrogens with one attached hydrogen (secondary N) is 2. The fourth-order valence-electron chi connectivity index (χ4n) is 5.69. The first kappa shape index (κ1) is 26.7. The molecule has 0 aromatic heterocycles. The molecule has 0 bridgehead atoms. The third kappa shape index (κ3) is 5.49. The summed E-state index contributed by atoms with van der Waals surface area (Å²) in [7, 11) is 6.70. The van der Waals surface area contributed by atoms with Crippen LogP contribution in [0.3, 0.4) is 0 Å². The summed E-state index contributed by atoms with van der Waals surface area (Å²) in [5.74, 6) is -0.668. The molecule has 1 aliphatic heterocycles. The number of hydrogen-bond acceptors (Lipinski definition) is 5. The molecule has 8 nitrogen and oxygen atoms in total. The van der Waals surface area contributed by atoms with Gasteiger partial charge in [-0.1, -0.05) is 6.07 Å². The molecule has 2 aromatic rings. The van der Waals surface area contributed by atoms with Crippen LogP contribution < -0.4 is 20.1 Å². The highest BCUT2D eigenvalue weighted by Crippen LogP contribution is 2.50. The van der Waals surface area contributed by atoms with Crippen molar-refractivity contribution in [1.82, 2.24) is 15.1 Å². The molecule has 1 saturated carbocycles. The van der Waals surface area contributed by atoms with E-state index in [9.17, 15) is 18.4 Å². The number of fused-ring (bicyclic) bond motifs is 1. The number of hydrogen-bond donors (Lipinski definition) is 2. The van der Waals surface area contributed by atoms with E-state index in [0.29, 0.717) is 24.5 Å². The van der Waals surface area contributed by atoms with Crippen LogP contribution in [-0.2, 0) is 10.2 Å². The molecule has 1 heterocycles. The van der Waals surface area contributed by atoms with E-state index in [1.54, 1.807) is 33.2 Å². The van der Waals surface area contributed by atoms with Gasteiger partial charge in [-0.15, -0.1) is 0 Å². The summed E-state index contributed by atoms with van der Waals surface area (Å²) < 4.78 is 37.8. The minimum atomic E-state index is -1.03. The molecule has 1 aliphatic carbocycles. The second kappa shape index (κ2) is 10.9. The molecular weight excluding hydrogens is 482 g/mol. The van der Waals surface area contributed by atoms with Crippen molar-refractivity contribution >= 4 is 17.6 Å². The molecule has 3 atom stereocenters. The number of urea groups is 1. The highest BCUT2D eigenvalue weighted by atomic mass is 19.2. The number of benzene rings is 2. The number of methoxy groups -OCH3 is 2. The van der Waals surface area contributed by atoms with Gasteiger partial charge in [-0.05, 0) is 62.1 Å². The molecule has 2 aromatic carbocycles. The third-order valence-electron chi connectivity index (χ3n) is 7.68. The van der Waals surface area contributed by atoms with Gasteiger partial charge in [0.2, 0.25) is 5.91 Å². The number of carbonyl (C=O) groups excluding carboxylic acids is 2. The maximum absolute atomic E-state index is 13.5. The molecule has 37 heavy (non-hydrogen) atoms. The Morgan fingerprint density at radius 1 is 1.05 bits per heavy atom. The molecule has 10 heteroatoms. The number of ether oxygens (including phenoxy) is 2. The van der Waals surface area contributed by atoms with Gasteiger partial charge in [0.25, 0.3) is 0 Å². The first-order valence-electron chi connectivity index (χ1n) is 12.4. The van der Waals surface area contributed by atoms with E-state index in [0.717, 1.165) is 43.5 Å². The Morgan fingerprint density at radius 3 is 2.49 bits per heavy atom. The SMILES string of the molecule is COc1ccc(C23CCC(NC(=O)Nc4ccc(F)c(F)c4)CC2N(CC(=O)N(C)C)CC3)cc1OC. The molecule has 3 unspecified atom stereocenters. The van der Waals surface area contributed by atoms with Crippen LogP contribution in [0, 0.1) is 11.6 Å². The van der Waals surface area contributed by atoms with Crippen LogP contribution >= 0.6 is 0 Å². The lowest BCUT2D eigenvalue weighted by Gasteiger charge is -2.45. The largest absolute Gasteiger partial charge is 0.493 e. The number of rotatable bonds is 7. The first-order valence-corrected chi connectivity index (χ1v) is 12.4. The van der Waals surface area contributed by atoms with E-state index in [-0.39, 0.29) is 29.1 Å². The number of halogens is 2. The molecule has 1 saturated heterocycles. The summed E-state index contributed by atoms with van der Waals surface area (Å²) in [5.41, 5.74) is 1.09. The van der Waals surface area contributed by atoms with Gasteiger partial charge >= 0.3 is 6.03 Å². The van der Waals surface area contributed by atoms with Crippen molar-refractivity contribution < 1.29 is 27.8 Å². The number of likely N-dealkylation sites (N-methyl/N-ethyl adjacent to an activating group) is 1. The topological polar surface area (TPSA) is 83.1 Å². The summed E-state index contributed by atoms with van der Waals surface area (Å²) in [5, 5.41) is 5.57. The van der Waals surface area contributed by atoms with Gasteiger partial charge in [0.15, 0.2) is 23.1 Å². The van der Waals surface area contributed by atoms with Crippen molar-refractivity contribution in [3.63, 3.8) is 0 Å². The van der Waals surface area contributed by atoms with Gasteiger partial charge in [0, 0.05) is 43.3 Å². The fraction of sp³-hybridized carbons (Fsp3) is 0.481. The van der Waals surface area contributed by atoms with Crippen LogP contribution in [0.15, 0.2) is 36.4 Å². The number of carbonyl (C=O) groups is 2. The molecule has 2 N–H and O–H groups in total. The first-order chi connectivity index (χ1) is 17.7. The van der Waals surface area contributed by atoms with E-state index in [1.807, 2.05) is 12.1 Å². The lowest BCUT2D eigenvalue weighted by molar-refractivity contribution is -0.130. The van der Waals surface area contributed by atoms with Crippen molar-refractivity contribution in [2.75, 3.05) is 46.7 Å². The second-order valence-electron chi connectivity index (χ2n) is 9.95. The Labute approximate surface area is 215 Å². The lowest BCUT2D eigenvalue weighted by atomic mass is 9.65. The third-order valence-corrected chi connectivity index (χ3v) is 7.68. The van der Waals surface area contributed by atoms with Crippen LogP contribution in [-0.4, -0.2) is 75.2 Å². The lowest BCUT2D eigenvalue weighted by Crippen LogP contribution is -2.54. The average Bonchev–Trinajstić information content (AvgIpc) is 3.24. The van der Waals surface area contributed by atoms with Crippen molar-refractivity contribution in [3.05, 3.63) is 53.6 Å². The zero-order chi connectivity index (χ0) is 26.7. The predicted molar refractivity (Wildman–Crippen MR) is 136 cm³/mol. The van der Waals surface area contributed by atoms with E-state index >= 15 is 0 Å². The Hall–Kier alpha value is -3.40. The molecular formula is C27H34F2N4O4. The molecule has 2 fully saturated rings. The monoisotopic (exact) mass is 516 g/mol. The van der Waals surface area contributed by atoms with Gasteiger partial charge in [-0.2, -0.15) is 0 Å². The van der Waals surface area contributed by atoms with Crippen LogP contribution in [0.2, 0.25) is 0 Å². The average molecular weight is 517 g/mol. The number of amides is 3. The van der Waals surface area contributed by atoms with Crippen molar-refractivity contribution in [2.24, 2.45) is 0 Å². The zero-order valence-corrected chi connectivity index (χ0v) is 21.6. The number of anilines is 1. The van der Waals surface area contributed by atoms with Gasteiger partial charge in [0.05, 0.1) is 20.8 Å². The fourth-order valence-corrected chi connectivity index (χ4v) is 5.69. The molecule has 2 aliphatic rings. The summed E-state index contributed by atoms with van der Waals surface area (Å²) in [4.78, 5) is 29.1. The van der Waals surface area contributed by atoms with Gasteiger partial charge < -0.3 is 25.0 Å². The second-order valence-corrected chi connectivity index (χ2v) is 9.95. The van der Waals surface area contributed by atoms with Crippen molar-refractivity contribution in [3.8, 4) is 11.5 Å². The van der Waals surface area contributed by atoms with Crippen LogP contribution in [0.1, 0.15) is 31.2 Å². The normalized spacial score (nSPS) is 23.2.